The number of amides is 1. The molecule has 0 spiro atoms. The van der Waals surface area contributed by atoms with E-state index in [4.69, 9.17) is 4.74 Å². The maximum atomic E-state index is 12.7. The zero-order chi connectivity index (χ0) is 17.0. The van der Waals surface area contributed by atoms with Crippen LogP contribution in [0.1, 0.15) is 32.6 Å². The molecule has 1 heterocycles. The summed E-state index contributed by atoms with van der Waals surface area (Å²) in [6.45, 7) is 1.89. The molecule has 0 aliphatic heterocycles. The van der Waals surface area contributed by atoms with Crippen molar-refractivity contribution in [1.29, 1.82) is 0 Å². The maximum Gasteiger partial charge on any atom is 0.434 e. The Bertz CT molecular complexity index is 711. The second-order valence-electron chi connectivity index (χ2n) is 4.28. The average Bonchev–Trinajstić information content (AvgIpc) is 2.98. The van der Waals surface area contributed by atoms with Gasteiger partial charge in [-0.3, -0.25) is 4.79 Å². The molecule has 0 bridgehead atoms. The van der Waals surface area contributed by atoms with Crippen molar-refractivity contribution in [2.75, 3.05) is 11.9 Å². The molecule has 1 amide bonds. The number of carbonyl (C=O) groups excluding carboxylic acids is 2. The first-order chi connectivity index (χ1) is 10.8. The van der Waals surface area contributed by atoms with E-state index >= 15 is 0 Å². The van der Waals surface area contributed by atoms with Crippen LogP contribution in [0.25, 0.3) is 0 Å². The first-order valence-electron chi connectivity index (χ1n) is 6.42. The van der Waals surface area contributed by atoms with E-state index in [1.54, 1.807) is 6.92 Å². The number of nitrogens with zero attached hydrogens (tertiary/aromatic N) is 1. The van der Waals surface area contributed by atoms with Gasteiger partial charge in [-0.1, -0.05) is 0 Å². The summed E-state index contributed by atoms with van der Waals surface area (Å²) < 4.78 is 42.9. The van der Waals surface area contributed by atoms with Gasteiger partial charge in [0.05, 0.1) is 17.7 Å². The SMILES string of the molecule is CCOC(=O)c1ccc(NC(=O)c2scnc2C(F)(F)F)cc1. The molecule has 1 aromatic heterocycles. The van der Waals surface area contributed by atoms with E-state index < -0.39 is 28.6 Å². The van der Waals surface area contributed by atoms with E-state index in [9.17, 15) is 22.8 Å². The van der Waals surface area contributed by atoms with Crippen LogP contribution in [0.3, 0.4) is 0 Å². The van der Waals surface area contributed by atoms with Gasteiger partial charge in [0.1, 0.15) is 4.88 Å². The lowest BCUT2D eigenvalue weighted by molar-refractivity contribution is -0.141. The highest BCUT2D eigenvalue weighted by Crippen LogP contribution is 2.32. The molecule has 0 atom stereocenters. The zero-order valence-electron chi connectivity index (χ0n) is 11.8. The van der Waals surface area contributed by atoms with E-state index in [2.05, 4.69) is 10.3 Å². The minimum Gasteiger partial charge on any atom is -0.462 e. The highest BCUT2D eigenvalue weighted by atomic mass is 32.1. The van der Waals surface area contributed by atoms with Crippen molar-refractivity contribution in [2.45, 2.75) is 13.1 Å². The predicted molar refractivity (Wildman–Crippen MR) is 77.5 cm³/mol. The summed E-state index contributed by atoms with van der Waals surface area (Å²) in [4.78, 5) is 26.1. The molecular weight excluding hydrogens is 333 g/mol. The third-order valence-corrected chi connectivity index (χ3v) is 3.52. The topological polar surface area (TPSA) is 68.3 Å². The number of hydrogen-bond donors (Lipinski definition) is 1. The maximum absolute atomic E-state index is 12.7. The van der Waals surface area contributed by atoms with Gasteiger partial charge in [-0.15, -0.1) is 11.3 Å². The monoisotopic (exact) mass is 344 g/mol. The van der Waals surface area contributed by atoms with Crippen molar-refractivity contribution < 1.29 is 27.5 Å². The van der Waals surface area contributed by atoms with Gasteiger partial charge < -0.3 is 10.1 Å². The Kier molecular flexibility index (Phi) is 4.99. The molecule has 9 heteroatoms. The molecule has 0 aliphatic rings. The molecule has 0 saturated heterocycles. The number of benzene rings is 1. The van der Waals surface area contributed by atoms with Crippen LogP contribution in [-0.4, -0.2) is 23.5 Å². The van der Waals surface area contributed by atoms with Crippen LogP contribution < -0.4 is 5.32 Å². The summed E-state index contributed by atoms with van der Waals surface area (Å²) in [6, 6.07) is 5.62. The summed E-state index contributed by atoms with van der Waals surface area (Å²) >= 11 is 0.601. The fourth-order valence-electron chi connectivity index (χ4n) is 1.70. The minimum atomic E-state index is -4.69. The van der Waals surface area contributed by atoms with E-state index in [0.717, 1.165) is 5.51 Å². The number of hydrogen-bond acceptors (Lipinski definition) is 5. The van der Waals surface area contributed by atoms with Crippen molar-refractivity contribution in [3.8, 4) is 0 Å². The lowest BCUT2D eigenvalue weighted by Gasteiger charge is -2.08. The molecule has 0 radical (unpaired) electrons. The van der Waals surface area contributed by atoms with Gasteiger partial charge in [-0.2, -0.15) is 13.2 Å². The van der Waals surface area contributed by atoms with Crippen molar-refractivity contribution in [3.63, 3.8) is 0 Å². The lowest BCUT2D eigenvalue weighted by atomic mass is 10.2. The minimum absolute atomic E-state index is 0.225. The summed E-state index contributed by atoms with van der Waals surface area (Å²) in [6.07, 6.45) is -4.69. The second-order valence-corrected chi connectivity index (χ2v) is 5.13. The molecule has 0 unspecified atom stereocenters. The molecule has 1 aromatic carbocycles. The Morgan fingerprint density at radius 2 is 1.91 bits per heavy atom. The predicted octanol–water partition coefficient (Wildman–Crippen LogP) is 3.59. The molecule has 122 valence electrons. The number of alkyl halides is 3. The van der Waals surface area contributed by atoms with Crippen molar-refractivity contribution in [3.05, 3.63) is 45.9 Å². The van der Waals surface area contributed by atoms with E-state index in [0.29, 0.717) is 11.3 Å². The number of nitrogens with one attached hydrogen (secondary N) is 1. The third kappa shape index (κ3) is 4.07. The summed E-state index contributed by atoms with van der Waals surface area (Å²) in [5.74, 6) is -1.43. The van der Waals surface area contributed by atoms with Gasteiger partial charge in [0.15, 0.2) is 5.69 Å². The van der Waals surface area contributed by atoms with Crippen LogP contribution in [-0.2, 0) is 10.9 Å². The van der Waals surface area contributed by atoms with Gasteiger partial charge in [0, 0.05) is 5.69 Å². The first kappa shape index (κ1) is 16.9. The molecule has 0 fully saturated rings. The lowest BCUT2D eigenvalue weighted by Crippen LogP contribution is -2.17. The number of aromatic nitrogens is 1. The highest BCUT2D eigenvalue weighted by molar-refractivity contribution is 7.12. The van der Waals surface area contributed by atoms with Crippen LogP contribution in [0.4, 0.5) is 18.9 Å². The molecule has 5 nitrogen and oxygen atoms in total. The number of halogens is 3. The van der Waals surface area contributed by atoms with Gasteiger partial charge in [-0.25, -0.2) is 9.78 Å². The Morgan fingerprint density at radius 3 is 2.48 bits per heavy atom. The van der Waals surface area contributed by atoms with Crippen LogP contribution in [0.15, 0.2) is 29.8 Å². The Labute approximate surface area is 133 Å². The second kappa shape index (κ2) is 6.78. The van der Waals surface area contributed by atoms with Gasteiger partial charge in [0.2, 0.25) is 0 Å². The average molecular weight is 344 g/mol. The number of carbonyl (C=O) groups is 2. The van der Waals surface area contributed by atoms with Gasteiger partial charge >= 0.3 is 12.1 Å². The van der Waals surface area contributed by atoms with Gasteiger partial charge in [0.25, 0.3) is 5.91 Å². The van der Waals surface area contributed by atoms with E-state index in [1.165, 1.54) is 24.3 Å². The Morgan fingerprint density at radius 1 is 1.26 bits per heavy atom. The Hall–Kier alpha value is -2.42. The van der Waals surface area contributed by atoms with Crippen molar-refractivity contribution in [2.24, 2.45) is 0 Å². The fourth-order valence-corrected chi connectivity index (χ4v) is 2.40. The number of thiazole rings is 1. The number of rotatable bonds is 4. The number of anilines is 1. The summed E-state index contributed by atoms with van der Waals surface area (Å²) in [5.41, 5.74) is 0.271. The van der Waals surface area contributed by atoms with Crippen LogP contribution in [0.2, 0.25) is 0 Å². The fraction of sp³-hybridized carbons (Fsp3) is 0.214. The summed E-state index contributed by atoms with van der Waals surface area (Å²) in [7, 11) is 0. The first-order valence-corrected chi connectivity index (χ1v) is 7.30. The molecule has 2 rings (SSSR count). The smallest absolute Gasteiger partial charge is 0.434 e. The van der Waals surface area contributed by atoms with Crippen LogP contribution >= 0.6 is 11.3 Å². The zero-order valence-corrected chi connectivity index (χ0v) is 12.6. The van der Waals surface area contributed by atoms with Crippen LogP contribution in [0, 0.1) is 0 Å². The molecule has 0 saturated carbocycles. The quantitative estimate of drug-likeness (QED) is 0.861. The molecule has 2 aromatic rings. The Balaban J connectivity index is 2.12. The molecule has 0 aliphatic carbocycles. The highest BCUT2D eigenvalue weighted by Gasteiger charge is 2.38. The van der Waals surface area contributed by atoms with Gasteiger partial charge in [-0.05, 0) is 31.2 Å². The normalized spacial score (nSPS) is 11.1. The molecule has 1 N–H and O–H groups in total. The van der Waals surface area contributed by atoms with E-state index in [1.807, 2.05) is 0 Å². The molecular formula is C14H11F3N2O3S. The number of esters is 1. The third-order valence-electron chi connectivity index (χ3n) is 2.70. The van der Waals surface area contributed by atoms with Crippen LogP contribution in [0.5, 0.6) is 0 Å². The molecule has 23 heavy (non-hydrogen) atoms. The van der Waals surface area contributed by atoms with Crippen molar-refractivity contribution >= 4 is 28.9 Å². The summed E-state index contributed by atoms with van der Waals surface area (Å²) in [5, 5.41) is 2.33. The van der Waals surface area contributed by atoms with E-state index in [-0.39, 0.29) is 17.9 Å². The number of ether oxygens (including phenoxy) is 1. The van der Waals surface area contributed by atoms with Crippen molar-refractivity contribution in [1.82, 2.24) is 4.98 Å². The largest absolute Gasteiger partial charge is 0.462 e. The standard InChI is InChI=1S/C14H11F3N2O3S/c1-2-22-13(21)8-3-5-9(6-4-8)19-12(20)10-11(14(15,16)17)18-7-23-10/h3-7H,2H2,1H3,(H,19,20).